The molecule has 0 aliphatic carbocycles. The van der Waals surface area contributed by atoms with E-state index in [0.29, 0.717) is 30.0 Å². The fourth-order valence-electron chi connectivity index (χ4n) is 0.835. The number of alkyl halides is 7. The molecule has 0 aromatic carbocycles. The Kier molecular flexibility index (Phi) is 7.91. The van der Waals surface area contributed by atoms with Crippen LogP contribution in [0, 0.1) is 0 Å². The third kappa shape index (κ3) is 8.03. The summed E-state index contributed by atoms with van der Waals surface area (Å²) in [5.74, 6) is -4.87. The first kappa shape index (κ1) is 21.2. The zero-order valence-corrected chi connectivity index (χ0v) is 12.2. The van der Waals surface area contributed by atoms with Crippen LogP contribution in [0.1, 0.15) is 6.42 Å². The van der Waals surface area contributed by atoms with Gasteiger partial charge in [-0.05, 0) is 6.42 Å². The predicted octanol–water partition coefficient (Wildman–Crippen LogP) is 2.36. The van der Waals surface area contributed by atoms with E-state index < -0.39 is 33.7 Å². The lowest BCUT2D eigenvalue weighted by Crippen LogP contribution is -2.33. The van der Waals surface area contributed by atoms with Gasteiger partial charge in [-0.2, -0.15) is 30.4 Å². The molecule has 1 rings (SSSR count). The average Bonchev–Trinajstić information content (AvgIpc) is 2.36. The number of halogens is 7. The topological polar surface area (TPSA) is 78.8 Å². The number of hydrogen-bond donors (Lipinski definition) is 2. The lowest BCUT2D eigenvalue weighted by atomic mass is 10.4. The minimum atomic E-state index is -5.84. The van der Waals surface area contributed by atoms with Gasteiger partial charge in [-0.25, -0.2) is 8.78 Å². The van der Waals surface area contributed by atoms with E-state index in [0.717, 1.165) is 6.42 Å². The fourth-order valence-corrected chi connectivity index (χ4v) is 1.68. The Bertz CT molecular complexity index is 479. The summed E-state index contributed by atoms with van der Waals surface area (Å²) in [6, 6.07) is 0. The van der Waals surface area contributed by atoms with Gasteiger partial charge >= 0.3 is 28.0 Å². The van der Waals surface area contributed by atoms with E-state index >= 15 is 0 Å². The van der Waals surface area contributed by atoms with Gasteiger partial charge in [0, 0.05) is 13.1 Å². The quantitative estimate of drug-likeness (QED) is 0.447. The molecule has 0 spiro atoms. The van der Waals surface area contributed by atoms with Gasteiger partial charge in [0.1, 0.15) is 0 Å². The fraction of sp³-hybridized carbons (Fsp3) is 0.875. The molecule has 0 aromatic rings. The van der Waals surface area contributed by atoms with Crippen molar-refractivity contribution >= 4 is 27.0 Å². The number of rotatable bonds is 3. The number of hydrogen-bond acceptors (Lipinski definition) is 5. The zero-order valence-electron chi connectivity index (χ0n) is 10.6. The molecular weight excluding hydrogens is 369 g/mol. The maximum atomic E-state index is 12.4. The SMILES string of the molecule is FC(F)C(F)(F)CSC1=NCCCN1.O=S(=O)(O)C(F)(F)F. The molecule has 132 valence electrons. The summed E-state index contributed by atoms with van der Waals surface area (Å²) in [4.78, 5) is 3.88. The van der Waals surface area contributed by atoms with Crippen LogP contribution in [-0.4, -0.2) is 54.8 Å². The Labute approximate surface area is 125 Å². The number of nitrogens with zero attached hydrogens (tertiary/aromatic N) is 1. The van der Waals surface area contributed by atoms with Crippen LogP contribution in [0.4, 0.5) is 30.7 Å². The molecule has 0 aromatic heterocycles. The van der Waals surface area contributed by atoms with E-state index in [4.69, 9.17) is 13.0 Å². The van der Waals surface area contributed by atoms with Crippen LogP contribution in [0.2, 0.25) is 0 Å². The molecule has 22 heavy (non-hydrogen) atoms. The van der Waals surface area contributed by atoms with Crippen LogP contribution in [0.25, 0.3) is 0 Å². The Hall–Kier alpha value is -0.760. The van der Waals surface area contributed by atoms with Gasteiger partial charge < -0.3 is 5.32 Å². The Balaban J connectivity index is 0.000000472. The van der Waals surface area contributed by atoms with Crippen molar-refractivity contribution in [3.05, 3.63) is 0 Å². The molecule has 1 heterocycles. The molecule has 1 aliphatic rings. The van der Waals surface area contributed by atoms with Crippen LogP contribution in [0.3, 0.4) is 0 Å². The predicted molar refractivity (Wildman–Crippen MR) is 65.9 cm³/mol. The minimum absolute atomic E-state index is 0.330. The summed E-state index contributed by atoms with van der Waals surface area (Å²) < 4.78 is 106. The normalized spacial score (nSPS) is 16.5. The first-order chi connectivity index (χ1) is 9.77. The van der Waals surface area contributed by atoms with Gasteiger partial charge in [-0.3, -0.25) is 9.55 Å². The van der Waals surface area contributed by atoms with Gasteiger partial charge in [0.2, 0.25) is 0 Å². The van der Waals surface area contributed by atoms with Crippen LogP contribution >= 0.6 is 11.8 Å². The summed E-state index contributed by atoms with van der Waals surface area (Å²) >= 11 is 0.642. The highest BCUT2D eigenvalue weighted by atomic mass is 32.2. The lowest BCUT2D eigenvalue weighted by molar-refractivity contribution is -0.109. The number of thioether (sulfide) groups is 1. The van der Waals surface area contributed by atoms with Gasteiger partial charge in [0.25, 0.3) is 0 Å². The molecule has 0 atom stereocenters. The number of nitrogens with one attached hydrogen (secondary N) is 1. The second-order valence-corrected chi connectivity index (χ2v) is 6.12. The Morgan fingerprint density at radius 2 is 1.77 bits per heavy atom. The molecule has 0 saturated heterocycles. The van der Waals surface area contributed by atoms with E-state index in [-0.39, 0.29) is 0 Å². The van der Waals surface area contributed by atoms with E-state index in [2.05, 4.69) is 10.3 Å². The second kappa shape index (κ2) is 8.19. The zero-order chi connectivity index (χ0) is 17.6. The van der Waals surface area contributed by atoms with Crippen LogP contribution in [-0.2, 0) is 10.1 Å². The first-order valence-corrected chi connectivity index (χ1v) is 7.81. The van der Waals surface area contributed by atoms with Gasteiger partial charge in [-0.1, -0.05) is 11.8 Å². The average molecular weight is 380 g/mol. The summed E-state index contributed by atoms with van der Waals surface area (Å²) in [6.07, 6.45) is -2.77. The molecule has 0 radical (unpaired) electrons. The Morgan fingerprint density at radius 1 is 1.27 bits per heavy atom. The van der Waals surface area contributed by atoms with Gasteiger partial charge in [-0.15, -0.1) is 0 Å². The first-order valence-electron chi connectivity index (χ1n) is 5.38. The maximum absolute atomic E-state index is 12.4. The molecule has 5 nitrogen and oxygen atoms in total. The van der Waals surface area contributed by atoms with Crippen molar-refractivity contribution in [3.63, 3.8) is 0 Å². The number of amidine groups is 1. The highest BCUT2D eigenvalue weighted by Crippen LogP contribution is 2.27. The molecule has 14 heteroatoms. The highest BCUT2D eigenvalue weighted by molar-refractivity contribution is 8.13. The van der Waals surface area contributed by atoms with Crippen molar-refractivity contribution in [3.8, 4) is 0 Å². The molecule has 0 amide bonds. The van der Waals surface area contributed by atoms with Crippen molar-refractivity contribution in [1.29, 1.82) is 0 Å². The summed E-state index contributed by atoms with van der Waals surface area (Å²) in [5, 5.41) is 3.10. The van der Waals surface area contributed by atoms with E-state index in [1.807, 2.05) is 0 Å². The lowest BCUT2D eigenvalue weighted by Gasteiger charge is -2.17. The van der Waals surface area contributed by atoms with Gasteiger partial charge in [0.15, 0.2) is 5.17 Å². The van der Waals surface area contributed by atoms with Crippen molar-refractivity contribution in [2.45, 2.75) is 24.3 Å². The maximum Gasteiger partial charge on any atom is 0.522 e. The molecule has 0 fully saturated rings. The second-order valence-electron chi connectivity index (χ2n) is 3.74. The Morgan fingerprint density at radius 3 is 2.09 bits per heavy atom. The summed E-state index contributed by atoms with van der Waals surface area (Å²) in [5.41, 5.74) is -5.53. The van der Waals surface area contributed by atoms with Crippen molar-refractivity contribution in [1.82, 2.24) is 5.32 Å². The van der Waals surface area contributed by atoms with Crippen molar-refractivity contribution in [2.24, 2.45) is 4.99 Å². The van der Waals surface area contributed by atoms with Gasteiger partial charge in [0.05, 0.1) is 5.75 Å². The van der Waals surface area contributed by atoms with E-state index in [1.54, 1.807) is 0 Å². The van der Waals surface area contributed by atoms with Crippen LogP contribution < -0.4 is 5.32 Å². The molecule has 0 saturated carbocycles. The molecule has 0 unspecified atom stereocenters. The van der Waals surface area contributed by atoms with E-state index in [1.165, 1.54) is 0 Å². The minimum Gasteiger partial charge on any atom is -0.365 e. The largest absolute Gasteiger partial charge is 0.522 e. The molecular formula is C8H11F7N2O3S2. The van der Waals surface area contributed by atoms with Crippen LogP contribution in [0.5, 0.6) is 0 Å². The smallest absolute Gasteiger partial charge is 0.365 e. The standard InChI is InChI=1S/C7H10F4N2S.CHF3O3S/c8-5(9)7(10,11)4-14-6-12-2-1-3-13-6;2-1(3,4)8(5,6)7/h5H,1-4H2,(H,12,13);(H,5,6,7). The third-order valence-electron chi connectivity index (χ3n) is 1.88. The van der Waals surface area contributed by atoms with Crippen molar-refractivity contribution in [2.75, 3.05) is 18.8 Å². The molecule has 2 N–H and O–H groups in total. The monoisotopic (exact) mass is 380 g/mol. The highest BCUT2D eigenvalue weighted by Gasteiger charge is 2.44. The van der Waals surface area contributed by atoms with E-state index in [9.17, 15) is 30.7 Å². The summed E-state index contributed by atoms with van der Waals surface area (Å²) in [6.45, 7) is 1.22. The van der Waals surface area contributed by atoms with Crippen molar-refractivity contribution < 1.29 is 43.7 Å². The van der Waals surface area contributed by atoms with Crippen LogP contribution in [0.15, 0.2) is 4.99 Å². The molecule has 0 bridgehead atoms. The third-order valence-corrected chi connectivity index (χ3v) is 3.54. The number of aliphatic imine (C=N–C) groups is 1. The molecule has 1 aliphatic heterocycles. The summed E-state index contributed by atoms with van der Waals surface area (Å²) in [7, 11) is -5.84.